The van der Waals surface area contributed by atoms with Crippen LogP contribution in [0.15, 0.2) is 108 Å². The van der Waals surface area contributed by atoms with Crippen LogP contribution in [0, 0.1) is 23.7 Å². The topological polar surface area (TPSA) is 0 Å². The average Bonchev–Trinajstić information content (AvgIpc) is 3.26. The summed E-state index contributed by atoms with van der Waals surface area (Å²) in [6.45, 7) is 0. The maximum absolute atomic E-state index is 3.66. The molecule has 0 nitrogen and oxygen atoms in total. The predicted octanol–water partition coefficient (Wildman–Crippen LogP) is 10.7. The van der Waals surface area contributed by atoms with E-state index in [1.807, 2.05) is 0 Å². The second-order valence-corrected chi connectivity index (χ2v) is 13.6. The van der Waals surface area contributed by atoms with Crippen molar-refractivity contribution in [2.75, 3.05) is 0 Å². The quantitative estimate of drug-likeness (QED) is 0.199. The molecule has 0 aromatic heterocycles. The molecule has 0 N–H and O–H groups in total. The number of hydrogen-bond acceptors (Lipinski definition) is 0. The molecule has 10 rings (SSSR count). The third kappa shape index (κ3) is 3.11. The summed E-state index contributed by atoms with van der Waals surface area (Å²) in [7, 11) is 0. The van der Waals surface area contributed by atoms with Gasteiger partial charge in [-0.3, -0.25) is 0 Å². The van der Waals surface area contributed by atoms with E-state index in [-0.39, 0.29) is 5.41 Å². The van der Waals surface area contributed by atoms with E-state index in [2.05, 4.69) is 119 Å². The molecule has 5 aliphatic rings. The molecule has 0 heterocycles. The summed E-state index contributed by atoms with van der Waals surface area (Å²) in [5.74, 6) is 3.43. The molecule has 4 bridgehead atoms. The van der Waals surface area contributed by atoms with Gasteiger partial charge in [0.15, 0.2) is 0 Å². The van der Waals surface area contributed by atoms with E-state index in [1.165, 1.54) is 76.3 Å². The van der Waals surface area contributed by atoms with Crippen LogP contribution in [0.1, 0.15) is 43.2 Å². The van der Waals surface area contributed by atoms with E-state index < -0.39 is 0 Å². The zero-order valence-electron chi connectivity index (χ0n) is 22.0. The van der Waals surface area contributed by atoms with Gasteiger partial charge in [0.25, 0.3) is 0 Å². The highest BCUT2D eigenvalue weighted by Gasteiger charge is 2.62. The van der Waals surface area contributed by atoms with Gasteiger partial charge in [-0.2, -0.15) is 0 Å². The fourth-order valence-electron chi connectivity index (χ4n) is 9.70. The van der Waals surface area contributed by atoms with Gasteiger partial charge in [0.2, 0.25) is 0 Å². The van der Waals surface area contributed by atoms with Gasteiger partial charge in [0.05, 0.1) is 0 Å². The zero-order valence-corrected chi connectivity index (χ0v) is 23.6. The smallest absolute Gasteiger partial charge is 0.0278 e. The minimum Gasteiger partial charge on any atom is -0.0616 e. The molecule has 39 heavy (non-hydrogen) atoms. The van der Waals surface area contributed by atoms with Gasteiger partial charge in [0.1, 0.15) is 0 Å². The minimum atomic E-state index is 0.164. The van der Waals surface area contributed by atoms with E-state index in [9.17, 15) is 0 Å². The zero-order chi connectivity index (χ0) is 25.7. The van der Waals surface area contributed by atoms with E-state index in [0.717, 1.165) is 28.1 Å². The third-order valence-corrected chi connectivity index (χ3v) is 11.4. The van der Waals surface area contributed by atoms with E-state index in [1.54, 1.807) is 11.1 Å². The summed E-state index contributed by atoms with van der Waals surface area (Å²) >= 11 is 3.66. The Morgan fingerprint density at radius 3 is 1.92 bits per heavy atom. The Hall–Kier alpha value is -3.16. The lowest BCUT2D eigenvalue weighted by Crippen LogP contribution is -2.55. The lowest BCUT2D eigenvalue weighted by Gasteiger charge is -2.61. The maximum Gasteiger partial charge on any atom is 0.0278 e. The van der Waals surface area contributed by atoms with Crippen molar-refractivity contribution in [2.45, 2.75) is 37.5 Å². The normalized spacial score (nSPS) is 27.7. The van der Waals surface area contributed by atoms with E-state index >= 15 is 0 Å². The van der Waals surface area contributed by atoms with Crippen LogP contribution in [0.4, 0.5) is 0 Å². The van der Waals surface area contributed by atoms with Gasteiger partial charge in [-0.15, -0.1) is 0 Å². The highest BCUT2D eigenvalue weighted by Crippen LogP contribution is 2.70. The van der Waals surface area contributed by atoms with E-state index in [4.69, 9.17) is 0 Å². The van der Waals surface area contributed by atoms with Crippen LogP contribution >= 0.6 is 15.9 Å². The molecule has 0 saturated heterocycles. The number of benzene rings is 5. The van der Waals surface area contributed by atoms with Crippen molar-refractivity contribution in [2.24, 2.45) is 23.7 Å². The molecule has 5 aromatic carbocycles. The Kier molecular flexibility index (Phi) is 4.75. The third-order valence-electron chi connectivity index (χ3n) is 10.9. The fourth-order valence-corrected chi connectivity index (χ4v) is 10.1. The SMILES string of the molecule is Brc1cccc(-c2cccc(-c3ccc4c(c3)C3(c5c-4ccc4ccccc54)C4CC5CC(C4)CC3C5)c2)c1. The molecule has 190 valence electrons. The standard InChI is InChI=1S/C38H31Br/c39-32-9-4-8-28(21-32)26-6-3-7-27(20-26)29-12-13-34-35-14-11-25-5-1-2-10-33(25)37(35)38(36(34)22-29)30-16-23-15-24(18-30)19-31(38)17-23/h1-14,20-24,30-31H,15-19H2. The van der Waals surface area contributed by atoms with Crippen LogP contribution in [0.2, 0.25) is 0 Å². The number of halogens is 1. The predicted molar refractivity (Wildman–Crippen MR) is 166 cm³/mol. The second kappa shape index (κ2) is 8.18. The molecule has 4 saturated carbocycles. The first-order chi connectivity index (χ1) is 19.2. The first-order valence-electron chi connectivity index (χ1n) is 14.7. The summed E-state index contributed by atoms with van der Waals surface area (Å²) in [6.07, 6.45) is 7.14. The molecule has 0 atom stereocenters. The fraction of sp³-hybridized carbons (Fsp3) is 0.263. The Bertz CT molecular complexity index is 1760. The van der Waals surface area contributed by atoms with Gasteiger partial charge < -0.3 is 0 Å². The lowest BCUT2D eigenvalue weighted by molar-refractivity contribution is -0.0393. The van der Waals surface area contributed by atoms with Crippen molar-refractivity contribution in [3.63, 3.8) is 0 Å². The van der Waals surface area contributed by atoms with Crippen LogP contribution < -0.4 is 0 Å². The van der Waals surface area contributed by atoms with Gasteiger partial charge >= 0.3 is 0 Å². The summed E-state index contributed by atoms with van der Waals surface area (Å²) in [5, 5.41) is 2.90. The first-order valence-corrected chi connectivity index (χ1v) is 15.5. The average molecular weight is 568 g/mol. The monoisotopic (exact) mass is 566 g/mol. The number of rotatable bonds is 2. The second-order valence-electron chi connectivity index (χ2n) is 12.7. The lowest BCUT2D eigenvalue weighted by atomic mass is 9.43. The molecular formula is C38H31Br. The molecule has 0 amide bonds. The van der Waals surface area contributed by atoms with Crippen molar-refractivity contribution in [1.29, 1.82) is 0 Å². The van der Waals surface area contributed by atoms with Crippen molar-refractivity contribution in [1.82, 2.24) is 0 Å². The van der Waals surface area contributed by atoms with Gasteiger partial charge in [-0.05, 0) is 135 Å². The van der Waals surface area contributed by atoms with Crippen molar-refractivity contribution >= 4 is 26.7 Å². The molecular weight excluding hydrogens is 536 g/mol. The van der Waals surface area contributed by atoms with Crippen LogP contribution in [0.25, 0.3) is 44.2 Å². The molecule has 5 aromatic rings. The summed E-state index contributed by atoms with van der Waals surface area (Å²) < 4.78 is 1.12. The Labute approximate surface area is 239 Å². The van der Waals surface area contributed by atoms with Crippen molar-refractivity contribution in [3.8, 4) is 33.4 Å². The highest BCUT2D eigenvalue weighted by atomic mass is 79.9. The van der Waals surface area contributed by atoms with Crippen LogP contribution in [0.3, 0.4) is 0 Å². The Balaban J connectivity index is 1.27. The van der Waals surface area contributed by atoms with Gasteiger partial charge in [-0.1, -0.05) is 94.8 Å². The number of hydrogen-bond donors (Lipinski definition) is 0. The summed E-state index contributed by atoms with van der Waals surface area (Å²) in [4.78, 5) is 0. The Morgan fingerprint density at radius 1 is 0.538 bits per heavy atom. The maximum atomic E-state index is 3.66. The minimum absolute atomic E-state index is 0.164. The van der Waals surface area contributed by atoms with Crippen LogP contribution in [0.5, 0.6) is 0 Å². The summed E-state index contributed by atoms with van der Waals surface area (Å²) in [6, 6.07) is 39.2. The molecule has 5 aliphatic carbocycles. The van der Waals surface area contributed by atoms with Gasteiger partial charge in [0, 0.05) is 9.89 Å². The first kappa shape index (κ1) is 22.6. The largest absolute Gasteiger partial charge is 0.0616 e. The molecule has 1 heteroatoms. The van der Waals surface area contributed by atoms with Crippen LogP contribution in [-0.4, -0.2) is 0 Å². The molecule has 4 fully saturated rings. The highest BCUT2D eigenvalue weighted by molar-refractivity contribution is 9.10. The number of fused-ring (bicyclic) bond motifs is 5. The van der Waals surface area contributed by atoms with Crippen molar-refractivity contribution < 1.29 is 0 Å². The molecule has 0 unspecified atom stereocenters. The molecule has 0 aliphatic heterocycles. The summed E-state index contributed by atoms with van der Waals surface area (Å²) in [5.41, 5.74) is 11.7. The van der Waals surface area contributed by atoms with Crippen LogP contribution in [-0.2, 0) is 5.41 Å². The van der Waals surface area contributed by atoms with Gasteiger partial charge in [-0.25, -0.2) is 0 Å². The van der Waals surface area contributed by atoms with Crippen molar-refractivity contribution in [3.05, 3.63) is 119 Å². The van der Waals surface area contributed by atoms with E-state index in [0.29, 0.717) is 0 Å². The molecule has 1 spiro atoms. The molecule has 0 radical (unpaired) electrons. The Morgan fingerprint density at radius 2 is 1.18 bits per heavy atom.